The second-order valence-electron chi connectivity index (χ2n) is 8.53. The molecule has 0 aromatic heterocycles. The molecule has 2 amide bonds. The summed E-state index contributed by atoms with van der Waals surface area (Å²) in [4.78, 5) is 27.4. The Hall–Kier alpha value is -2.94. The molecule has 0 unspecified atom stereocenters. The number of nitrogens with zero attached hydrogens (tertiary/aromatic N) is 2. The van der Waals surface area contributed by atoms with Crippen LogP contribution < -0.4 is 9.62 Å². The molecule has 2 rings (SSSR count). The van der Waals surface area contributed by atoms with Gasteiger partial charge in [0.2, 0.25) is 21.8 Å². The van der Waals surface area contributed by atoms with Crippen LogP contribution in [0.5, 0.6) is 0 Å². The quantitative estimate of drug-likeness (QED) is 0.601. The van der Waals surface area contributed by atoms with Crippen LogP contribution in [-0.2, 0) is 26.2 Å². The van der Waals surface area contributed by atoms with Crippen molar-refractivity contribution in [1.82, 2.24) is 10.2 Å². The number of carbonyl (C=O) groups is 2. The van der Waals surface area contributed by atoms with Crippen LogP contribution in [0.15, 0.2) is 42.5 Å². The monoisotopic (exact) mass is 477 g/mol. The third-order valence-corrected chi connectivity index (χ3v) is 6.46. The summed E-state index contributed by atoms with van der Waals surface area (Å²) in [6, 6.07) is 9.75. The summed E-state index contributed by atoms with van der Waals surface area (Å²) in [5.74, 6) is -1.33. The van der Waals surface area contributed by atoms with E-state index in [4.69, 9.17) is 0 Å². The highest BCUT2D eigenvalue weighted by atomic mass is 32.2. The van der Waals surface area contributed by atoms with Gasteiger partial charge in [-0.2, -0.15) is 0 Å². The summed E-state index contributed by atoms with van der Waals surface area (Å²) < 4.78 is 39.5. The van der Waals surface area contributed by atoms with Gasteiger partial charge in [-0.05, 0) is 75.6 Å². The van der Waals surface area contributed by atoms with Gasteiger partial charge < -0.3 is 10.2 Å². The molecule has 0 saturated carbocycles. The summed E-state index contributed by atoms with van der Waals surface area (Å²) in [7, 11) is -3.78. The number of carbonyl (C=O) groups excluding carboxylic acids is 2. The molecule has 0 heterocycles. The molecule has 180 valence electrons. The van der Waals surface area contributed by atoms with Gasteiger partial charge in [-0.3, -0.25) is 13.9 Å². The van der Waals surface area contributed by atoms with Crippen molar-refractivity contribution in [3.8, 4) is 0 Å². The number of rotatable bonds is 9. The molecule has 2 aromatic rings. The molecule has 0 spiro atoms. The van der Waals surface area contributed by atoms with Gasteiger partial charge in [-0.1, -0.05) is 18.2 Å². The highest BCUT2D eigenvalue weighted by Crippen LogP contribution is 2.22. The Morgan fingerprint density at radius 3 is 2.12 bits per heavy atom. The summed E-state index contributed by atoms with van der Waals surface area (Å²) in [5, 5.41) is 2.78. The zero-order valence-corrected chi connectivity index (χ0v) is 20.7. The summed E-state index contributed by atoms with van der Waals surface area (Å²) >= 11 is 0. The Balaban J connectivity index is 2.40. The third kappa shape index (κ3) is 7.28. The van der Waals surface area contributed by atoms with E-state index in [1.807, 2.05) is 27.7 Å². The van der Waals surface area contributed by atoms with Crippen LogP contribution in [-0.4, -0.2) is 50.0 Å². The lowest BCUT2D eigenvalue weighted by atomic mass is 10.1. The highest BCUT2D eigenvalue weighted by molar-refractivity contribution is 7.92. The van der Waals surface area contributed by atoms with Gasteiger partial charge >= 0.3 is 0 Å². The number of aryl methyl sites for hydroxylation is 2. The fourth-order valence-corrected chi connectivity index (χ4v) is 4.11. The van der Waals surface area contributed by atoms with E-state index in [-0.39, 0.29) is 18.5 Å². The zero-order chi connectivity index (χ0) is 24.9. The number of amides is 2. The zero-order valence-electron chi connectivity index (χ0n) is 19.9. The standard InChI is InChI=1S/C24H32FN3O4S/c1-16(2)26-24(30)19(5)27(14-20-8-10-21(25)11-9-20)23(29)15-28(33(6,31)32)22-12-7-17(3)18(4)13-22/h7-13,16,19H,14-15H2,1-6H3,(H,26,30)/t19-/m0/s1. The Labute approximate surface area is 195 Å². The Bertz CT molecular complexity index is 1100. The van der Waals surface area contributed by atoms with Gasteiger partial charge in [0.25, 0.3) is 0 Å². The summed E-state index contributed by atoms with van der Waals surface area (Å²) in [6.07, 6.45) is 1.04. The number of sulfonamides is 1. The van der Waals surface area contributed by atoms with Crippen LogP contribution in [0.25, 0.3) is 0 Å². The number of hydrogen-bond donors (Lipinski definition) is 1. The average molecular weight is 478 g/mol. The Kier molecular flexibility index (Phi) is 8.60. The van der Waals surface area contributed by atoms with E-state index in [1.54, 1.807) is 25.1 Å². The number of anilines is 1. The number of benzene rings is 2. The van der Waals surface area contributed by atoms with E-state index >= 15 is 0 Å². The largest absolute Gasteiger partial charge is 0.352 e. The average Bonchev–Trinajstić information content (AvgIpc) is 2.71. The topological polar surface area (TPSA) is 86.8 Å². The van der Waals surface area contributed by atoms with E-state index < -0.39 is 34.3 Å². The van der Waals surface area contributed by atoms with Crippen LogP contribution in [0.3, 0.4) is 0 Å². The molecular weight excluding hydrogens is 445 g/mol. The van der Waals surface area contributed by atoms with Gasteiger partial charge in [-0.25, -0.2) is 12.8 Å². The normalized spacial score (nSPS) is 12.4. The fourth-order valence-electron chi connectivity index (χ4n) is 3.27. The molecule has 0 bridgehead atoms. The maximum Gasteiger partial charge on any atom is 0.244 e. The van der Waals surface area contributed by atoms with Crippen molar-refractivity contribution in [2.75, 3.05) is 17.1 Å². The van der Waals surface area contributed by atoms with Crippen molar-refractivity contribution in [2.24, 2.45) is 0 Å². The van der Waals surface area contributed by atoms with Crippen LogP contribution in [0.1, 0.15) is 37.5 Å². The first-order valence-electron chi connectivity index (χ1n) is 10.7. The van der Waals surface area contributed by atoms with Crippen LogP contribution >= 0.6 is 0 Å². The van der Waals surface area contributed by atoms with Crippen molar-refractivity contribution in [1.29, 1.82) is 0 Å². The number of halogens is 1. The van der Waals surface area contributed by atoms with E-state index in [0.717, 1.165) is 21.7 Å². The SMILES string of the molecule is Cc1ccc(N(CC(=O)N(Cc2ccc(F)cc2)[C@@H](C)C(=O)NC(C)C)S(C)(=O)=O)cc1C. The van der Waals surface area contributed by atoms with Crippen molar-refractivity contribution >= 4 is 27.5 Å². The molecular formula is C24H32FN3O4S. The molecule has 0 aliphatic heterocycles. The maximum atomic E-state index is 13.4. The Morgan fingerprint density at radius 2 is 1.61 bits per heavy atom. The molecule has 0 aliphatic rings. The van der Waals surface area contributed by atoms with Gasteiger partial charge in [0, 0.05) is 12.6 Å². The molecule has 9 heteroatoms. The smallest absolute Gasteiger partial charge is 0.244 e. The molecule has 2 aromatic carbocycles. The lowest BCUT2D eigenvalue weighted by Gasteiger charge is -2.32. The van der Waals surface area contributed by atoms with Gasteiger partial charge in [0.05, 0.1) is 11.9 Å². The van der Waals surface area contributed by atoms with Gasteiger partial charge in [0.15, 0.2) is 0 Å². The maximum absolute atomic E-state index is 13.4. The van der Waals surface area contributed by atoms with Gasteiger partial charge in [-0.15, -0.1) is 0 Å². The van der Waals surface area contributed by atoms with Crippen LogP contribution in [0, 0.1) is 19.7 Å². The van der Waals surface area contributed by atoms with E-state index in [9.17, 15) is 22.4 Å². The number of hydrogen-bond acceptors (Lipinski definition) is 4. The molecule has 0 aliphatic carbocycles. The second-order valence-corrected chi connectivity index (χ2v) is 10.4. The predicted molar refractivity (Wildman–Crippen MR) is 128 cm³/mol. The van der Waals surface area contributed by atoms with Crippen molar-refractivity contribution in [3.63, 3.8) is 0 Å². The lowest BCUT2D eigenvalue weighted by molar-refractivity contribution is -0.139. The molecule has 1 N–H and O–H groups in total. The first-order valence-corrected chi connectivity index (χ1v) is 12.5. The van der Waals surface area contributed by atoms with Gasteiger partial charge in [0.1, 0.15) is 18.4 Å². The van der Waals surface area contributed by atoms with Crippen molar-refractivity contribution < 1.29 is 22.4 Å². The molecule has 33 heavy (non-hydrogen) atoms. The summed E-state index contributed by atoms with van der Waals surface area (Å²) in [5.41, 5.74) is 2.87. The highest BCUT2D eigenvalue weighted by Gasteiger charge is 2.30. The third-order valence-electron chi connectivity index (χ3n) is 5.32. The molecule has 0 radical (unpaired) electrons. The number of nitrogens with one attached hydrogen (secondary N) is 1. The van der Waals surface area contributed by atoms with Crippen molar-refractivity contribution in [3.05, 3.63) is 65.0 Å². The second kappa shape index (κ2) is 10.8. The lowest BCUT2D eigenvalue weighted by Crippen LogP contribution is -2.52. The molecule has 0 saturated heterocycles. The predicted octanol–water partition coefficient (Wildman–Crippen LogP) is 3.15. The molecule has 7 nitrogen and oxygen atoms in total. The minimum atomic E-state index is -3.78. The van der Waals surface area contributed by atoms with E-state index in [1.165, 1.54) is 29.2 Å². The fraction of sp³-hybridized carbons (Fsp3) is 0.417. The minimum Gasteiger partial charge on any atom is -0.352 e. The van der Waals surface area contributed by atoms with Crippen LogP contribution in [0.4, 0.5) is 10.1 Å². The minimum absolute atomic E-state index is 0.0241. The summed E-state index contributed by atoms with van der Waals surface area (Å²) in [6.45, 7) is 8.52. The molecule has 1 atom stereocenters. The first kappa shape index (κ1) is 26.3. The first-order chi connectivity index (χ1) is 15.3. The van der Waals surface area contributed by atoms with E-state index in [2.05, 4.69) is 5.32 Å². The van der Waals surface area contributed by atoms with Crippen molar-refractivity contribution in [2.45, 2.75) is 53.2 Å². The van der Waals surface area contributed by atoms with E-state index in [0.29, 0.717) is 11.3 Å². The molecule has 0 fully saturated rings. The Morgan fingerprint density at radius 1 is 1.00 bits per heavy atom. The van der Waals surface area contributed by atoms with Crippen LogP contribution in [0.2, 0.25) is 0 Å².